The maximum absolute atomic E-state index is 12.6. The zero-order valence-electron chi connectivity index (χ0n) is 14.0. The lowest BCUT2D eigenvalue weighted by Gasteiger charge is -2.32. The van der Waals surface area contributed by atoms with Crippen LogP contribution in [0.4, 0.5) is 0 Å². The van der Waals surface area contributed by atoms with Gasteiger partial charge in [-0.15, -0.1) is 11.3 Å². The number of aromatic nitrogens is 2. The van der Waals surface area contributed by atoms with Crippen molar-refractivity contribution < 1.29 is 4.79 Å². The SMILES string of the molecule is Cc1ccsc1C(Cc1cccnc1)(NCc1cccnc1)C(N)=O. The molecule has 0 fully saturated rings. The molecule has 0 aliphatic rings. The number of carbonyl (C=O) groups excluding carboxylic acids is 1. The maximum Gasteiger partial charge on any atom is 0.243 e. The molecule has 0 aromatic carbocycles. The number of aryl methyl sites for hydroxylation is 1. The van der Waals surface area contributed by atoms with Crippen LogP contribution in [0.25, 0.3) is 0 Å². The van der Waals surface area contributed by atoms with Gasteiger partial charge in [-0.3, -0.25) is 20.1 Å². The monoisotopic (exact) mass is 352 g/mol. The molecule has 3 rings (SSSR count). The van der Waals surface area contributed by atoms with Gasteiger partial charge in [-0.25, -0.2) is 0 Å². The second-order valence-electron chi connectivity index (χ2n) is 5.96. The molecule has 0 radical (unpaired) electrons. The Labute approximate surface area is 151 Å². The molecule has 5 nitrogen and oxygen atoms in total. The number of carbonyl (C=O) groups is 1. The van der Waals surface area contributed by atoms with Gasteiger partial charge >= 0.3 is 0 Å². The van der Waals surface area contributed by atoms with Gasteiger partial charge in [0.15, 0.2) is 0 Å². The van der Waals surface area contributed by atoms with E-state index in [4.69, 9.17) is 5.73 Å². The predicted molar refractivity (Wildman–Crippen MR) is 98.9 cm³/mol. The van der Waals surface area contributed by atoms with Crippen LogP contribution in [-0.2, 0) is 23.3 Å². The van der Waals surface area contributed by atoms with E-state index in [2.05, 4.69) is 15.3 Å². The molecular weight excluding hydrogens is 332 g/mol. The molecule has 0 aliphatic heterocycles. The molecule has 1 amide bonds. The first-order valence-corrected chi connectivity index (χ1v) is 8.87. The summed E-state index contributed by atoms with van der Waals surface area (Å²) in [7, 11) is 0. The fourth-order valence-electron chi connectivity index (χ4n) is 2.88. The third-order valence-electron chi connectivity index (χ3n) is 4.18. The number of nitrogens with two attached hydrogens (primary N) is 1. The van der Waals surface area contributed by atoms with Crippen molar-refractivity contribution in [2.75, 3.05) is 0 Å². The van der Waals surface area contributed by atoms with E-state index in [-0.39, 0.29) is 0 Å². The van der Waals surface area contributed by atoms with Gasteiger partial charge in [0.1, 0.15) is 5.54 Å². The molecule has 128 valence electrons. The first-order chi connectivity index (χ1) is 12.1. The highest BCUT2D eigenvalue weighted by molar-refractivity contribution is 7.10. The standard InChI is InChI=1S/C19H20N4OS/c1-14-6-9-25-17(14)19(18(20)24,10-15-4-2-7-21-11-15)23-13-16-5-3-8-22-12-16/h2-9,11-12,23H,10,13H2,1H3,(H2,20,24). The Morgan fingerprint density at radius 2 is 1.84 bits per heavy atom. The largest absolute Gasteiger partial charge is 0.368 e. The van der Waals surface area contributed by atoms with Crippen molar-refractivity contribution in [3.05, 3.63) is 82.1 Å². The van der Waals surface area contributed by atoms with Crippen molar-refractivity contribution in [1.29, 1.82) is 0 Å². The summed E-state index contributed by atoms with van der Waals surface area (Å²) in [5, 5.41) is 5.39. The molecule has 0 aliphatic carbocycles. The van der Waals surface area contributed by atoms with E-state index in [1.165, 1.54) is 11.3 Å². The number of rotatable bonds is 7. The van der Waals surface area contributed by atoms with E-state index in [1.54, 1.807) is 24.8 Å². The van der Waals surface area contributed by atoms with Gasteiger partial charge in [0.05, 0.1) is 0 Å². The molecule has 1 unspecified atom stereocenters. The summed E-state index contributed by atoms with van der Waals surface area (Å²) >= 11 is 1.54. The van der Waals surface area contributed by atoms with E-state index in [9.17, 15) is 4.79 Å². The van der Waals surface area contributed by atoms with E-state index >= 15 is 0 Å². The molecule has 3 aromatic heterocycles. The fraction of sp³-hybridized carbons (Fsp3) is 0.211. The Balaban J connectivity index is 1.99. The Hall–Kier alpha value is -2.57. The molecule has 3 N–H and O–H groups in total. The number of pyridine rings is 2. The molecule has 0 spiro atoms. The summed E-state index contributed by atoms with van der Waals surface area (Å²) in [5.41, 5.74) is 7.92. The molecule has 0 bridgehead atoms. The molecule has 3 aromatic rings. The maximum atomic E-state index is 12.6. The van der Waals surface area contributed by atoms with Gasteiger partial charge in [0.25, 0.3) is 0 Å². The first-order valence-electron chi connectivity index (χ1n) is 7.99. The quantitative estimate of drug-likeness (QED) is 0.685. The van der Waals surface area contributed by atoms with Crippen LogP contribution in [0.1, 0.15) is 21.6 Å². The summed E-state index contributed by atoms with van der Waals surface area (Å²) < 4.78 is 0. The van der Waals surface area contributed by atoms with Gasteiger partial charge in [-0.1, -0.05) is 12.1 Å². The molecule has 0 saturated heterocycles. The van der Waals surface area contributed by atoms with Crippen LogP contribution < -0.4 is 11.1 Å². The summed E-state index contributed by atoms with van der Waals surface area (Å²) in [4.78, 5) is 21.9. The molecule has 3 heterocycles. The van der Waals surface area contributed by atoms with Crippen LogP contribution in [0.3, 0.4) is 0 Å². The third-order valence-corrected chi connectivity index (χ3v) is 5.36. The predicted octanol–water partition coefficient (Wildman–Crippen LogP) is 2.56. The minimum atomic E-state index is -0.989. The van der Waals surface area contributed by atoms with Crippen molar-refractivity contribution in [2.45, 2.75) is 25.4 Å². The topological polar surface area (TPSA) is 80.9 Å². The number of amides is 1. The zero-order chi connectivity index (χ0) is 17.7. The van der Waals surface area contributed by atoms with Crippen LogP contribution >= 0.6 is 11.3 Å². The number of hydrogen-bond acceptors (Lipinski definition) is 5. The highest BCUT2D eigenvalue weighted by atomic mass is 32.1. The number of thiophene rings is 1. The van der Waals surface area contributed by atoms with E-state index in [1.807, 2.05) is 42.6 Å². The Morgan fingerprint density at radius 3 is 2.36 bits per heavy atom. The highest BCUT2D eigenvalue weighted by Crippen LogP contribution is 2.33. The van der Waals surface area contributed by atoms with E-state index in [0.717, 1.165) is 21.6 Å². The lowest BCUT2D eigenvalue weighted by molar-refractivity contribution is -0.124. The third kappa shape index (κ3) is 3.75. The number of hydrogen-bond donors (Lipinski definition) is 2. The van der Waals surface area contributed by atoms with Gasteiger partial charge in [0, 0.05) is 42.6 Å². The Kier molecular flexibility index (Phi) is 5.21. The van der Waals surface area contributed by atoms with E-state index in [0.29, 0.717) is 13.0 Å². The van der Waals surface area contributed by atoms with Gasteiger partial charge in [-0.05, 0) is 47.2 Å². The van der Waals surface area contributed by atoms with Gasteiger partial charge in [0.2, 0.25) is 5.91 Å². The van der Waals surface area contributed by atoms with Crippen molar-refractivity contribution in [2.24, 2.45) is 5.73 Å². The van der Waals surface area contributed by atoms with Crippen molar-refractivity contribution in [1.82, 2.24) is 15.3 Å². The number of primary amides is 1. The fourth-order valence-corrected chi connectivity index (χ4v) is 3.99. The Bertz CT molecular complexity index is 835. The van der Waals surface area contributed by atoms with Gasteiger partial charge in [-0.2, -0.15) is 0 Å². The normalized spacial score (nSPS) is 13.3. The van der Waals surface area contributed by atoms with Crippen LogP contribution in [0.5, 0.6) is 0 Å². The van der Waals surface area contributed by atoms with E-state index < -0.39 is 11.4 Å². The summed E-state index contributed by atoms with van der Waals surface area (Å²) in [6.45, 7) is 2.49. The molecule has 0 saturated carbocycles. The van der Waals surface area contributed by atoms with Crippen LogP contribution in [0, 0.1) is 6.92 Å². The molecule has 6 heteroatoms. The van der Waals surface area contributed by atoms with Crippen LogP contribution in [-0.4, -0.2) is 15.9 Å². The second kappa shape index (κ2) is 7.55. The molecule has 25 heavy (non-hydrogen) atoms. The smallest absolute Gasteiger partial charge is 0.243 e. The lowest BCUT2D eigenvalue weighted by atomic mass is 9.86. The zero-order valence-corrected chi connectivity index (χ0v) is 14.8. The second-order valence-corrected chi connectivity index (χ2v) is 6.87. The highest BCUT2D eigenvalue weighted by Gasteiger charge is 2.40. The molecule has 1 atom stereocenters. The summed E-state index contributed by atoms with van der Waals surface area (Å²) in [6.07, 6.45) is 7.44. The Morgan fingerprint density at radius 1 is 1.16 bits per heavy atom. The van der Waals surface area contributed by atoms with Crippen molar-refractivity contribution in [3.63, 3.8) is 0 Å². The number of nitrogens with zero attached hydrogens (tertiary/aromatic N) is 2. The minimum absolute atomic E-state index is 0.397. The van der Waals surface area contributed by atoms with Gasteiger partial charge < -0.3 is 5.73 Å². The van der Waals surface area contributed by atoms with Crippen molar-refractivity contribution in [3.8, 4) is 0 Å². The lowest BCUT2D eigenvalue weighted by Crippen LogP contribution is -2.53. The van der Waals surface area contributed by atoms with Crippen molar-refractivity contribution >= 4 is 17.2 Å². The summed E-state index contributed by atoms with van der Waals surface area (Å²) in [6, 6.07) is 9.67. The first kappa shape index (κ1) is 17.3. The minimum Gasteiger partial charge on any atom is -0.368 e. The molecular formula is C19H20N4OS. The van der Waals surface area contributed by atoms with Crippen LogP contribution in [0.2, 0.25) is 0 Å². The average molecular weight is 352 g/mol. The average Bonchev–Trinajstić information content (AvgIpc) is 3.06. The summed E-state index contributed by atoms with van der Waals surface area (Å²) in [5.74, 6) is -0.397. The van der Waals surface area contributed by atoms with Crippen LogP contribution in [0.15, 0.2) is 60.5 Å². The number of nitrogens with one attached hydrogen (secondary N) is 1.